The Morgan fingerprint density at radius 1 is 1.32 bits per heavy atom. The Hall–Kier alpha value is -1.59. The SMILES string of the molecule is O=C(O)CCC1CCCCN1C(=O)[C@@H]1CCC(=O)N1. The molecule has 0 bridgehead atoms. The minimum Gasteiger partial charge on any atom is -0.481 e. The third-order valence-corrected chi connectivity index (χ3v) is 3.90. The molecule has 2 atom stereocenters. The fourth-order valence-electron chi connectivity index (χ4n) is 2.88. The van der Waals surface area contributed by atoms with E-state index in [2.05, 4.69) is 5.32 Å². The number of amides is 2. The highest BCUT2D eigenvalue weighted by Crippen LogP contribution is 2.23. The number of carbonyl (C=O) groups excluding carboxylic acids is 2. The number of carbonyl (C=O) groups is 3. The lowest BCUT2D eigenvalue weighted by Gasteiger charge is -2.37. The summed E-state index contributed by atoms with van der Waals surface area (Å²) in [5.74, 6) is -0.939. The highest BCUT2D eigenvalue weighted by atomic mass is 16.4. The molecule has 0 aromatic rings. The highest BCUT2D eigenvalue weighted by molar-refractivity contribution is 5.91. The summed E-state index contributed by atoms with van der Waals surface area (Å²) in [5.41, 5.74) is 0. The Balaban J connectivity index is 1.96. The monoisotopic (exact) mass is 268 g/mol. The second-order valence-corrected chi connectivity index (χ2v) is 5.27. The summed E-state index contributed by atoms with van der Waals surface area (Å²) in [5, 5.41) is 11.4. The van der Waals surface area contributed by atoms with Crippen LogP contribution in [0.1, 0.15) is 44.9 Å². The highest BCUT2D eigenvalue weighted by Gasteiger charge is 2.34. The second-order valence-electron chi connectivity index (χ2n) is 5.27. The van der Waals surface area contributed by atoms with E-state index in [0.29, 0.717) is 25.8 Å². The van der Waals surface area contributed by atoms with Crippen molar-refractivity contribution in [1.82, 2.24) is 10.2 Å². The van der Waals surface area contributed by atoms with Crippen molar-refractivity contribution in [2.24, 2.45) is 0 Å². The van der Waals surface area contributed by atoms with E-state index in [1.807, 2.05) is 0 Å². The third kappa shape index (κ3) is 3.45. The number of nitrogens with zero attached hydrogens (tertiary/aromatic N) is 1. The standard InChI is InChI=1S/C13H20N2O4/c16-11-6-5-10(14-11)13(19)15-8-2-1-3-9(15)4-7-12(17)18/h9-10H,1-8H2,(H,14,16)(H,17,18)/t9?,10-/m0/s1. The van der Waals surface area contributed by atoms with Crippen LogP contribution in [-0.2, 0) is 14.4 Å². The van der Waals surface area contributed by atoms with Crippen molar-refractivity contribution in [3.05, 3.63) is 0 Å². The van der Waals surface area contributed by atoms with Gasteiger partial charge in [0.2, 0.25) is 11.8 Å². The number of hydrogen-bond acceptors (Lipinski definition) is 3. The summed E-state index contributed by atoms with van der Waals surface area (Å²) in [7, 11) is 0. The van der Waals surface area contributed by atoms with Gasteiger partial charge in [0.15, 0.2) is 0 Å². The maximum atomic E-state index is 12.4. The van der Waals surface area contributed by atoms with Gasteiger partial charge in [-0.25, -0.2) is 0 Å². The number of likely N-dealkylation sites (tertiary alicyclic amines) is 1. The maximum absolute atomic E-state index is 12.4. The third-order valence-electron chi connectivity index (χ3n) is 3.90. The first kappa shape index (κ1) is 13.8. The van der Waals surface area contributed by atoms with Gasteiger partial charge in [0.05, 0.1) is 0 Å². The lowest BCUT2D eigenvalue weighted by Crippen LogP contribution is -2.51. The van der Waals surface area contributed by atoms with E-state index in [9.17, 15) is 14.4 Å². The van der Waals surface area contributed by atoms with Crippen LogP contribution in [0.15, 0.2) is 0 Å². The van der Waals surface area contributed by atoms with Crippen molar-refractivity contribution in [2.45, 2.75) is 57.0 Å². The fraction of sp³-hybridized carbons (Fsp3) is 0.769. The molecule has 106 valence electrons. The lowest BCUT2D eigenvalue weighted by atomic mass is 9.97. The maximum Gasteiger partial charge on any atom is 0.303 e. The topological polar surface area (TPSA) is 86.7 Å². The molecule has 0 aromatic heterocycles. The van der Waals surface area contributed by atoms with Crippen molar-refractivity contribution in [3.8, 4) is 0 Å². The molecule has 0 spiro atoms. The molecule has 2 aliphatic heterocycles. The molecular formula is C13H20N2O4. The van der Waals surface area contributed by atoms with Crippen LogP contribution >= 0.6 is 0 Å². The minimum atomic E-state index is -0.827. The van der Waals surface area contributed by atoms with E-state index in [-0.39, 0.29) is 24.3 Å². The van der Waals surface area contributed by atoms with Gasteiger partial charge in [-0.1, -0.05) is 0 Å². The van der Waals surface area contributed by atoms with E-state index in [1.54, 1.807) is 4.90 Å². The number of hydrogen-bond donors (Lipinski definition) is 2. The Kier molecular flexibility index (Phi) is 4.39. The predicted molar refractivity (Wildman–Crippen MR) is 67.4 cm³/mol. The molecule has 19 heavy (non-hydrogen) atoms. The number of nitrogens with one attached hydrogen (secondary N) is 1. The van der Waals surface area contributed by atoms with E-state index >= 15 is 0 Å². The van der Waals surface area contributed by atoms with Crippen molar-refractivity contribution in [1.29, 1.82) is 0 Å². The first-order chi connectivity index (χ1) is 9.08. The first-order valence-electron chi connectivity index (χ1n) is 6.89. The van der Waals surface area contributed by atoms with Crippen LogP contribution in [0.3, 0.4) is 0 Å². The zero-order valence-electron chi connectivity index (χ0n) is 10.9. The fourth-order valence-corrected chi connectivity index (χ4v) is 2.88. The molecule has 2 aliphatic rings. The lowest BCUT2D eigenvalue weighted by molar-refractivity contribution is -0.141. The smallest absolute Gasteiger partial charge is 0.303 e. The zero-order chi connectivity index (χ0) is 13.8. The van der Waals surface area contributed by atoms with Gasteiger partial charge in [-0.15, -0.1) is 0 Å². The van der Waals surface area contributed by atoms with Crippen molar-refractivity contribution < 1.29 is 19.5 Å². The molecule has 0 radical (unpaired) electrons. The van der Waals surface area contributed by atoms with Crippen LogP contribution < -0.4 is 5.32 Å². The van der Waals surface area contributed by atoms with Crippen molar-refractivity contribution >= 4 is 17.8 Å². The first-order valence-corrected chi connectivity index (χ1v) is 6.89. The quantitative estimate of drug-likeness (QED) is 0.778. The molecule has 6 heteroatoms. The van der Waals surface area contributed by atoms with Crippen LogP contribution in [0.25, 0.3) is 0 Å². The van der Waals surface area contributed by atoms with Gasteiger partial charge in [0, 0.05) is 25.4 Å². The van der Waals surface area contributed by atoms with Crippen LogP contribution in [0.2, 0.25) is 0 Å². The number of rotatable bonds is 4. The van der Waals surface area contributed by atoms with Gasteiger partial charge < -0.3 is 15.3 Å². The number of piperidine rings is 1. The molecule has 0 aromatic carbocycles. The molecule has 6 nitrogen and oxygen atoms in total. The van der Waals surface area contributed by atoms with Crippen LogP contribution in [0.4, 0.5) is 0 Å². The Morgan fingerprint density at radius 3 is 2.74 bits per heavy atom. The summed E-state index contributed by atoms with van der Waals surface area (Å²) < 4.78 is 0. The predicted octanol–water partition coefficient (Wildman–Crippen LogP) is 0.511. The molecule has 1 unspecified atom stereocenters. The molecule has 2 heterocycles. The molecule has 2 saturated heterocycles. The van der Waals surface area contributed by atoms with Gasteiger partial charge in [-0.3, -0.25) is 14.4 Å². The summed E-state index contributed by atoms with van der Waals surface area (Å²) in [4.78, 5) is 36.0. The zero-order valence-corrected chi connectivity index (χ0v) is 10.9. The Bertz CT molecular complexity index is 383. The van der Waals surface area contributed by atoms with E-state index in [1.165, 1.54) is 0 Å². The minimum absolute atomic E-state index is 0.00912. The van der Waals surface area contributed by atoms with E-state index in [0.717, 1.165) is 19.3 Å². The van der Waals surface area contributed by atoms with Crippen molar-refractivity contribution in [3.63, 3.8) is 0 Å². The Labute approximate surface area is 112 Å². The molecule has 0 aliphatic carbocycles. The number of carboxylic acids is 1. The largest absolute Gasteiger partial charge is 0.481 e. The van der Waals surface area contributed by atoms with Gasteiger partial charge in [0.25, 0.3) is 0 Å². The van der Waals surface area contributed by atoms with Crippen LogP contribution in [0.5, 0.6) is 0 Å². The summed E-state index contributed by atoms with van der Waals surface area (Å²) >= 11 is 0. The molecule has 2 N–H and O–H groups in total. The molecule has 2 rings (SSSR count). The average molecular weight is 268 g/mol. The van der Waals surface area contributed by atoms with E-state index in [4.69, 9.17) is 5.11 Å². The number of carboxylic acid groups (broad SMARTS) is 1. The van der Waals surface area contributed by atoms with Gasteiger partial charge >= 0.3 is 5.97 Å². The van der Waals surface area contributed by atoms with Crippen LogP contribution in [-0.4, -0.2) is 46.4 Å². The second kappa shape index (κ2) is 6.04. The van der Waals surface area contributed by atoms with Crippen LogP contribution in [0, 0.1) is 0 Å². The van der Waals surface area contributed by atoms with Gasteiger partial charge in [-0.2, -0.15) is 0 Å². The Morgan fingerprint density at radius 2 is 2.11 bits per heavy atom. The van der Waals surface area contributed by atoms with Gasteiger partial charge in [0.1, 0.15) is 6.04 Å². The molecule has 0 saturated carbocycles. The average Bonchev–Trinajstić information content (AvgIpc) is 2.82. The number of aliphatic carboxylic acids is 1. The van der Waals surface area contributed by atoms with Gasteiger partial charge in [-0.05, 0) is 32.1 Å². The molecular weight excluding hydrogens is 248 g/mol. The molecule has 2 fully saturated rings. The summed E-state index contributed by atoms with van der Waals surface area (Å²) in [6, 6.07) is -0.396. The normalized spacial score (nSPS) is 27.2. The van der Waals surface area contributed by atoms with E-state index < -0.39 is 12.0 Å². The molecule has 2 amide bonds. The summed E-state index contributed by atoms with van der Waals surface area (Å²) in [6.45, 7) is 0.676. The van der Waals surface area contributed by atoms with Crippen molar-refractivity contribution in [2.75, 3.05) is 6.54 Å². The summed E-state index contributed by atoms with van der Waals surface area (Å²) in [6.07, 6.45) is 4.40.